The number of carbonyl (C=O) groups excluding carboxylic acids is 2. The zero-order valence-electron chi connectivity index (χ0n) is 15.3. The molecule has 1 unspecified atom stereocenters. The van der Waals surface area contributed by atoms with Crippen LogP contribution in [0.5, 0.6) is 0 Å². The fourth-order valence-electron chi connectivity index (χ4n) is 3.01. The van der Waals surface area contributed by atoms with E-state index < -0.39 is 6.10 Å². The van der Waals surface area contributed by atoms with E-state index in [-0.39, 0.29) is 11.9 Å². The molecule has 0 fully saturated rings. The number of unbranched alkanes of at least 4 members (excludes halogenated alkanes) is 3. The maximum atomic E-state index is 12.3. The molecule has 0 saturated heterocycles. The summed E-state index contributed by atoms with van der Waals surface area (Å²) < 4.78 is 20.8. The summed E-state index contributed by atoms with van der Waals surface area (Å²) in [6.45, 7) is 0. The third-order valence-corrected chi connectivity index (χ3v) is 4.53. The molecule has 0 N–H and O–H groups in total. The van der Waals surface area contributed by atoms with Crippen LogP contribution in [0.3, 0.4) is 0 Å². The Morgan fingerprint density at radius 2 is 1.63 bits per heavy atom. The van der Waals surface area contributed by atoms with E-state index in [4.69, 9.17) is 13.6 Å². The van der Waals surface area contributed by atoms with Gasteiger partial charge < -0.3 is 18.3 Å². The van der Waals surface area contributed by atoms with Gasteiger partial charge in [-0.05, 0) is 12.8 Å². The van der Waals surface area contributed by atoms with Gasteiger partial charge in [0.1, 0.15) is 18.6 Å². The third kappa shape index (κ3) is 5.04. The van der Waals surface area contributed by atoms with Crippen LogP contribution in [-0.4, -0.2) is 19.0 Å². The second kappa shape index (κ2) is 9.13. The maximum absolute atomic E-state index is 12.3. The molecular formula is C21H22O6. The first-order valence-corrected chi connectivity index (χ1v) is 9.07. The second-order valence-corrected chi connectivity index (χ2v) is 6.47. The fourth-order valence-corrected chi connectivity index (χ4v) is 3.01. The molecule has 1 aliphatic carbocycles. The Hall–Kier alpha value is -2.94. The van der Waals surface area contributed by atoms with E-state index in [0.717, 1.165) is 47.9 Å². The summed E-state index contributed by atoms with van der Waals surface area (Å²) in [5.74, 6) is 5.64. The molecule has 0 aliphatic heterocycles. The first-order valence-electron chi connectivity index (χ1n) is 9.07. The summed E-state index contributed by atoms with van der Waals surface area (Å²) >= 11 is 0. The van der Waals surface area contributed by atoms with Crippen molar-refractivity contribution >= 4 is 11.9 Å². The Morgan fingerprint density at radius 1 is 0.963 bits per heavy atom. The van der Waals surface area contributed by atoms with Crippen LogP contribution in [0.15, 0.2) is 33.9 Å². The van der Waals surface area contributed by atoms with E-state index in [1.807, 2.05) is 0 Å². The summed E-state index contributed by atoms with van der Waals surface area (Å²) in [5, 5.41) is 0. The van der Waals surface area contributed by atoms with Crippen molar-refractivity contribution in [3.05, 3.63) is 47.3 Å². The molecule has 6 heteroatoms. The Labute approximate surface area is 157 Å². The van der Waals surface area contributed by atoms with Gasteiger partial charge >= 0.3 is 11.9 Å². The molecule has 2 aromatic heterocycles. The first kappa shape index (κ1) is 18.8. The van der Waals surface area contributed by atoms with E-state index >= 15 is 0 Å². The molecule has 2 heterocycles. The number of hydrogen-bond acceptors (Lipinski definition) is 6. The van der Waals surface area contributed by atoms with Crippen molar-refractivity contribution < 1.29 is 27.9 Å². The van der Waals surface area contributed by atoms with Crippen molar-refractivity contribution in [3.8, 4) is 11.8 Å². The molecule has 1 aliphatic rings. The summed E-state index contributed by atoms with van der Waals surface area (Å²) in [5.41, 5.74) is 3.21. The van der Waals surface area contributed by atoms with Crippen LogP contribution in [0.1, 0.15) is 66.9 Å². The Kier molecular flexibility index (Phi) is 6.37. The van der Waals surface area contributed by atoms with Crippen molar-refractivity contribution in [1.29, 1.82) is 0 Å². The predicted molar refractivity (Wildman–Crippen MR) is 95.7 cm³/mol. The van der Waals surface area contributed by atoms with Gasteiger partial charge in [0.25, 0.3) is 0 Å². The van der Waals surface area contributed by atoms with Crippen LogP contribution in [0, 0.1) is 11.8 Å². The van der Waals surface area contributed by atoms with Crippen LogP contribution in [-0.2, 0) is 25.5 Å². The third-order valence-electron chi connectivity index (χ3n) is 4.53. The lowest BCUT2D eigenvalue weighted by Gasteiger charge is -2.18. The molecule has 27 heavy (non-hydrogen) atoms. The SMILES string of the molecule is COC(=O)CCCCCCC(=O)OC1Cc2cocc2C#Cc2cocc21. The Bertz CT molecular complexity index is 847. The molecule has 0 saturated carbocycles. The van der Waals surface area contributed by atoms with Gasteiger partial charge in [0.2, 0.25) is 0 Å². The van der Waals surface area contributed by atoms with E-state index in [9.17, 15) is 9.59 Å². The quantitative estimate of drug-likeness (QED) is 0.398. The minimum Gasteiger partial charge on any atom is -0.471 e. The van der Waals surface area contributed by atoms with Crippen LogP contribution >= 0.6 is 0 Å². The lowest BCUT2D eigenvalue weighted by Crippen LogP contribution is -2.15. The lowest BCUT2D eigenvalue weighted by atomic mass is 9.97. The van der Waals surface area contributed by atoms with Gasteiger partial charge in [0.05, 0.1) is 30.8 Å². The fraction of sp³-hybridized carbons (Fsp3) is 0.429. The number of hydrogen-bond donors (Lipinski definition) is 0. The van der Waals surface area contributed by atoms with Crippen molar-refractivity contribution in [2.24, 2.45) is 0 Å². The predicted octanol–water partition coefficient (Wildman–Crippen LogP) is 3.93. The molecule has 0 radical (unpaired) electrons. The number of ether oxygens (including phenoxy) is 2. The van der Waals surface area contributed by atoms with Crippen molar-refractivity contribution in [3.63, 3.8) is 0 Å². The summed E-state index contributed by atoms with van der Waals surface area (Å²) in [6, 6.07) is 0. The lowest BCUT2D eigenvalue weighted by molar-refractivity contribution is -0.149. The van der Waals surface area contributed by atoms with Crippen molar-refractivity contribution in [2.75, 3.05) is 7.11 Å². The highest BCUT2D eigenvalue weighted by Crippen LogP contribution is 2.30. The first-order chi connectivity index (χ1) is 13.2. The standard InChI is InChI=1S/C21H22O6/c1-24-20(22)6-4-2-3-5-7-21(23)27-19-10-17-13-25-11-15(17)8-9-16-12-26-14-18(16)19/h11-14,19H,2-7,10H2,1H3. The minimum atomic E-state index is -0.448. The topological polar surface area (TPSA) is 78.9 Å². The highest BCUT2D eigenvalue weighted by molar-refractivity contribution is 5.70. The molecule has 1 atom stereocenters. The zero-order valence-corrected chi connectivity index (χ0v) is 15.3. The van der Waals surface area contributed by atoms with Crippen molar-refractivity contribution in [1.82, 2.24) is 0 Å². The van der Waals surface area contributed by atoms with Gasteiger partial charge in [0.15, 0.2) is 0 Å². The molecule has 0 bridgehead atoms. The van der Waals surface area contributed by atoms with Crippen molar-refractivity contribution in [2.45, 2.75) is 51.0 Å². The largest absolute Gasteiger partial charge is 0.471 e. The summed E-state index contributed by atoms with van der Waals surface area (Å²) in [6.07, 6.45) is 10.4. The van der Waals surface area contributed by atoms with Gasteiger partial charge in [-0.15, -0.1) is 0 Å². The maximum Gasteiger partial charge on any atom is 0.306 e. The Balaban J connectivity index is 1.51. The van der Waals surface area contributed by atoms with E-state index in [1.165, 1.54) is 7.11 Å². The number of carbonyl (C=O) groups is 2. The van der Waals surface area contributed by atoms with Crippen LogP contribution in [0.4, 0.5) is 0 Å². The molecular weight excluding hydrogens is 348 g/mol. The van der Waals surface area contributed by atoms with E-state index in [0.29, 0.717) is 19.3 Å². The summed E-state index contributed by atoms with van der Waals surface area (Å²) in [4.78, 5) is 23.3. The van der Waals surface area contributed by atoms with Gasteiger partial charge in [-0.1, -0.05) is 24.7 Å². The zero-order chi connectivity index (χ0) is 19.1. The highest BCUT2D eigenvalue weighted by atomic mass is 16.5. The molecule has 2 aromatic rings. The second-order valence-electron chi connectivity index (χ2n) is 6.47. The van der Waals surface area contributed by atoms with Gasteiger partial charge in [-0.25, -0.2) is 0 Å². The minimum absolute atomic E-state index is 0.198. The monoisotopic (exact) mass is 370 g/mol. The van der Waals surface area contributed by atoms with Crippen LogP contribution in [0.25, 0.3) is 0 Å². The number of rotatable bonds is 8. The Morgan fingerprint density at radius 3 is 2.41 bits per heavy atom. The number of methoxy groups -OCH3 is 1. The number of furan rings is 2. The molecule has 142 valence electrons. The summed E-state index contributed by atoms with van der Waals surface area (Å²) in [7, 11) is 1.39. The van der Waals surface area contributed by atoms with Crippen LogP contribution < -0.4 is 0 Å². The molecule has 0 aromatic carbocycles. The molecule has 3 rings (SSSR count). The molecule has 0 amide bonds. The van der Waals surface area contributed by atoms with Gasteiger partial charge in [-0.3, -0.25) is 9.59 Å². The number of fused-ring (bicyclic) bond motifs is 2. The van der Waals surface area contributed by atoms with E-state index in [2.05, 4.69) is 16.6 Å². The highest BCUT2D eigenvalue weighted by Gasteiger charge is 2.24. The van der Waals surface area contributed by atoms with Gasteiger partial charge in [0, 0.05) is 30.4 Å². The smallest absolute Gasteiger partial charge is 0.306 e. The van der Waals surface area contributed by atoms with Crippen LogP contribution in [0.2, 0.25) is 0 Å². The number of esters is 2. The van der Waals surface area contributed by atoms with Gasteiger partial charge in [-0.2, -0.15) is 0 Å². The average Bonchev–Trinajstić information content (AvgIpc) is 3.29. The average molecular weight is 370 g/mol. The molecule has 0 spiro atoms. The normalized spacial score (nSPS) is 14.8. The molecule has 6 nitrogen and oxygen atoms in total. The van der Waals surface area contributed by atoms with E-state index in [1.54, 1.807) is 25.1 Å².